The highest BCUT2D eigenvalue weighted by Crippen LogP contribution is 2.42. The van der Waals surface area contributed by atoms with Crippen LogP contribution in [0.1, 0.15) is 25.5 Å². The highest BCUT2D eigenvalue weighted by atomic mass is 32.1. The maximum absolute atomic E-state index is 13.3. The van der Waals surface area contributed by atoms with Crippen molar-refractivity contribution in [3.8, 4) is 39.0 Å². The summed E-state index contributed by atoms with van der Waals surface area (Å²) in [6.07, 6.45) is -0.833. The van der Waals surface area contributed by atoms with E-state index in [4.69, 9.17) is 13.9 Å². The standard InChI is InChI=1S/C23H19F3N6O5S/c1-11(33)29-18-7-15(21-30-17(10-38-21)23(24,25)26)16(9-27-18)14-6-12(19-31-32-22(34)37-19)8-28-20(14)36-13-2-4-35-5-3-13/h6-10,13H,2-5H2,1H3,(H,32,34)(H,27,29,33). The van der Waals surface area contributed by atoms with Crippen LogP contribution in [0.25, 0.3) is 33.2 Å². The number of nitrogens with one attached hydrogen (secondary N) is 2. The molecule has 0 saturated carbocycles. The lowest BCUT2D eigenvalue weighted by Gasteiger charge is -2.24. The van der Waals surface area contributed by atoms with Crippen LogP contribution in [0.3, 0.4) is 0 Å². The quantitative estimate of drug-likeness (QED) is 0.363. The van der Waals surface area contributed by atoms with Crippen molar-refractivity contribution in [1.82, 2.24) is 25.1 Å². The van der Waals surface area contributed by atoms with Gasteiger partial charge >= 0.3 is 11.9 Å². The van der Waals surface area contributed by atoms with Crippen molar-refractivity contribution in [3.63, 3.8) is 0 Å². The number of ether oxygens (including phenoxy) is 2. The smallest absolute Gasteiger partial charge is 0.434 e. The summed E-state index contributed by atoms with van der Waals surface area (Å²) in [7, 11) is 0. The Morgan fingerprint density at radius 1 is 1.16 bits per heavy atom. The van der Waals surface area contributed by atoms with E-state index in [-0.39, 0.29) is 34.3 Å². The maximum atomic E-state index is 13.3. The zero-order valence-electron chi connectivity index (χ0n) is 19.7. The summed E-state index contributed by atoms with van der Waals surface area (Å²) in [4.78, 5) is 35.6. The first-order valence-corrected chi connectivity index (χ1v) is 12.2. The van der Waals surface area contributed by atoms with E-state index in [1.807, 2.05) is 0 Å². The number of amides is 1. The summed E-state index contributed by atoms with van der Waals surface area (Å²) < 4.78 is 56.7. The fourth-order valence-corrected chi connectivity index (χ4v) is 4.64. The van der Waals surface area contributed by atoms with Crippen LogP contribution in [0.15, 0.2) is 39.1 Å². The monoisotopic (exact) mass is 548 g/mol. The lowest BCUT2D eigenvalue weighted by atomic mass is 10.0. The minimum Gasteiger partial charge on any atom is -0.474 e. The number of anilines is 1. The Kier molecular flexibility index (Phi) is 6.94. The molecule has 0 spiro atoms. The summed E-state index contributed by atoms with van der Waals surface area (Å²) in [5, 5.41) is 9.47. The van der Waals surface area contributed by atoms with Crippen LogP contribution in [0.4, 0.5) is 19.0 Å². The largest absolute Gasteiger partial charge is 0.474 e. The summed E-state index contributed by atoms with van der Waals surface area (Å²) in [5.41, 5.74) is 0.190. The highest BCUT2D eigenvalue weighted by molar-refractivity contribution is 7.13. The zero-order chi connectivity index (χ0) is 26.9. The van der Waals surface area contributed by atoms with E-state index < -0.39 is 23.5 Å². The molecule has 198 valence electrons. The van der Waals surface area contributed by atoms with E-state index in [9.17, 15) is 22.8 Å². The molecular formula is C23H19F3N6O5S. The topological polar surface area (TPSA) is 145 Å². The van der Waals surface area contributed by atoms with Crippen LogP contribution >= 0.6 is 11.3 Å². The van der Waals surface area contributed by atoms with Crippen LogP contribution in [0.2, 0.25) is 0 Å². The van der Waals surface area contributed by atoms with Gasteiger partial charge < -0.3 is 19.2 Å². The van der Waals surface area contributed by atoms with E-state index in [0.29, 0.717) is 42.7 Å². The number of thiazole rings is 1. The molecule has 4 aromatic heterocycles. The number of alkyl halides is 3. The Labute approximate surface area is 216 Å². The molecule has 0 radical (unpaired) electrons. The minimum absolute atomic E-state index is 0.0371. The van der Waals surface area contributed by atoms with Gasteiger partial charge in [-0.05, 0) is 12.1 Å². The summed E-state index contributed by atoms with van der Waals surface area (Å²) in [6, 6.07) is 3.01. The number of aromatic amines is 1. The first-order valence-electron chi connectivity index (χ1n) is 11.3. The fraction of sp³-hybridized carbons (Fsp3) is 0.304. The number of carbonyl (C=O) groups is 1. The third-order valence-corrected chi connectivity index (χ3v) is 6.38. The zero-order valence-corrected chi connectivity index (χ0v) is 20.5. The van der Waals surface area contributed by atoms with Crippen molar-refractivity contribution >= 4 is 23.1 Å². The number of aromatic nitrogens is 5. The van der Waals surface area contributed by atoms with Crippen molar-refractivity contribution in [2.45, 2.75) is 32.0 Å². The van der Waals surface area contributed by atoms with Crippen LogP contribution < -0.4 is 15.8 Å². The molecular weight excluding hydrogens is 529 g/mol. The number of hydrogen-bond acceptors (Lipinski definition) is 10. The van der Waals surface area contributed by atoms with Gasteiger partial charge in [0.05, 0.1) is 18.8 Å². The van der Waals surface area contributed by atoms with Gasteiger partial charge in [0.1, 0.15) is 16.9 Å². The molecule has 1 amide bonds. The predicted octanol–water partition coefficient (Wildman–Crippen LogP) is 4.15. The second kappa shape index (κ2) is 10.3. The van der Waals surface area contributed by atoms with E-state index in [1.165, 1.54) is 25.4 Å². The number of carbonyl (C=O) groups excluding carboxylic acids is 1. The Morgan fingerprint density at radius 3 is 2.61 bits per heavy atom. The number of H-pyrrole nitrogens is 1. The predicted molar refractivity (Wildman–Crippen MR) is 128 cm³/mol. The first-order chi connectivity index (χ1) is 18.2. The lowest BCUT2D eigenvalue weighted by Crippen LogP contribution is -2.26. The molecule has 4 aromatic rings. The van der Waals surface area contributed by atoms with E-state index >= 15 is 0 Å². The third kappa shape index (κ3) is 5.57. The molecule has 5 heterocycles. The minimum atomic E-state index is -4.64. The molecule has 0 bridgehead atoms. The van der Waals surface area contributed by atoms with Crippen LogP contribution in [0.5, 0.6) is 5.88 Å². The Bertz CT molecular complexity index is 1530. The number of hydrogen-bond donors (Lipinski definition) is 2. The van der Waals surface area contributed by atoms with Gasteiger partial charge in [-0.3, -0.25) is 4.79 Å². The van der Waals surface area contributed by atoms with Gasteiger partial charge in [0.15, 0.2) is 5.69 Å². The highest BCUT2D eigenvalue weighted by Gasteiger charge is 2.34. The summed E-state index contributed by atoms with van der Waals surface area (Å²) in [5.74, 6) is -0.921. The van der Waals surface area contributed by atoms with E-state index in [1.54, 1.807) is 6.07 Å². The van der Waals surface area contributed by atoms with E-state index in [2.05, 4.69) is 30.5 Å². The van der Waals surface area contributed by atoms with Gasteiger partial charge in [0.25, 0.3) is 5.89 Å². The van der Waals surface area contributed by atoms with Crippen LogP contribution in [-0.4, -0.2) is 50.4 Å². The number of pyridine rings is 2. The Balaban J connectivity index is 1.67. The summed E-state index contributed by atoms with van der Waals surface area (Å²) >= 11 is 0.785. The molecule has 0 aliphatic carbocycles. The molecule has 2 N–H and O–H groups in total. The average Bonchev–Trinajstić information content (AvgIpc) is 3.54. The molecule has 1 aliphatic rings. The molecule has 15 heteroatoms. The molecule has 0 atom stereocenters. The lowest BCUT2D eigenvalue weighted by molar-refractivity contribution is -0.140. The molecule has 0 aromatic carbocycles. The van der Waals surface area contributed by atoms with Crippen molar-refractivity contribution in [2.24, 2.45) is 0 Å². The van der Waals surface area contributed by atoms with Crippen LogP contribution in [-0.2, 0) is 15.7 Å². The summed E-state index contributed by atoms with van der Waals surface area (Å²) in [6.45, 7) is 2.30. The number of halogens is 3. The molecule has 1 saturated heterocycles. The van der Waals surface area contributed by atoms with Gasteiger partial charge in [0, 0.05) is 54.2 Å². The second-order valence-corrected chi connectivity index (χ2v) is 9.11. The normalized spacial score (nSPS) is 14.4. The Morgan fingerprint density at radius 2 is 1.95 bits per heavy atom. The molecule has 0 unspecified atom stereocenters. The number of nitrogens with zero attached hydrogens (tertiary/aromatic N) is 4. The average molecular weight is 549 g/mol. The number of rotatable bonds is 6. The molecule has 1 fully saturated rings. The van der Waals surface area contributed by atoms with Gasteiger partial charge in [-0.2, -0.15) is 13.2 Å². The van der Waals surface area contributed by atoms with Crippen molar-refractivity contribution < 1.29 is 31.9 Å². The van der Waals surface area contributed by atoms with Gasteiger partial charge in [-0.15, -0.1) is 16.4 Å². The molecule has 1 aliphatic heterocycles. The van der Waals surface area contributed by atoms with Gasteiger partial charge in [-0.25, -0.2) is 24.8 Å². The Hall–Kier alpha value is -4.11. The second-order valence-electron chi connectivity index (χ2n) is 8.26. The fourth-order valence-electron chi connectivity index (χ4n) is 3.78. The molecule has 38 heavy (non-hydrogen) atoms. The third-order valence-electron chi connectivity index (χ3n) is 5.51. The van der Waals surface area contributed by atoms with Crippen molar-refractivity contribution in [3.05, 3.63) is 46.2 Å². The molecule has 5 rings (SSSR count). The van der Waals surface area contributed by atoms with Crippen LogP contribution in [0, 0.1) is 0 Å². The van der Waals surface area contributed by atoms with E-state index in [0.717, 1.165) is 16.7 Å². The van der Waals surface area contributed by atoms with Crippen molar-refractivity contribution in [1.29, 1.82) is 0 Å². The van der Waals surface area contributed by atoms with Crippen molar-refractivity contribution in [2.75, 3.05) is 18.5 Å². The van der Waals surface area contributed by atoms with Gasteiger partial charge in [0.2, 0.25) is 11.8 Å². The first kappa shape index (κ1) is 25.5. The van der Waals surface area contributed by atoms with Gasteiger partial charge in [-0.1, -0.05) is 0 Å². The SMILES string of the molecule is CC(=O)Nc1cc(-c2nc(C(F)(F)F)cs2)c(-c2cc(-c3n[nH]c(=O)o3)cnc2OC2CCOCC2)cn1. The molecule has 11 nitrogen and oxygen atoms in total. The maximum Gasteiger partial charge on any atom is 0.434 e.